The first kappa shape index (κ1) is 16.4. The number of halogens is 1. The maximum Gasteiger partial charge on any atom is 0.119 e. The monoisotopic (exact) mass is 344 g/mol. The van der Waals surface area contributed by atoms with Crippen LogP contribution in [0.15, 0.2) is 22.7 Å². The quantitative estimate of drug-likeness (QED) is 0.770. The summed E-state index contributed by atoms with van der Waals surface area (Å²) >= 11 is 8.54. The molecule has 0 bridgehead atoms. The van der Waals surface area contributed by atoms with E-state index in [1.807, 2.05) is 12.1 Å². The second kappa shape index (κ2) is 7.82. The second-order valence-corrected chi connectivity index (χ2v) is 6.12. The number of nitrogens with zero attached hydrogens (tertiary/aromatic N) is 1. The summed E-state index contributed by atoms with van der Waals surface area (Å²) in [6, 6.07) is 6.45. The summed E-state index contributed by atoms with van der Waals surface area (Å²) in [7, 11) is 1.68. The molecule has 3 nitrogen and oxygen atoms in total. The molecule has 0 aliphatic heterocycles. The van der Waals surface area contributed by atoms with Crippen LogP contribution in [0.25, 0.3) is 0 Å². The zero-order valence-corrected chi connectivity index (χ0v) is 14.1. The minimum absolute atomic E-state index is 0.437. The minimum Gasteiger partial charge on any atom is -0.497 e. The third-order valence-electron chi connectivity index (χ3n) is 3.00. The number of methoxy groups -OCH3 is 1. The van der Waals surface area contributed by atoms with E-state index in [1.165, 1.54) is 5.56 Å². The lowest BCUT2D eigenvalue weighted by molar-refractivity contribution is 0.218. The van der Waals surface area contributed by atoms with Crippen LogP contribution in [0.2, 0.25) is 0 Å². The van der Waals surface area contributed by atoms with Crippen molar-refractivity contribution in [3.8, 4) is 5.75 Å². The van der Waals surface area contributed by atoms with Gasteiger partial charge in [0, 0.05) is 30.0 Å². The minimum atomic E-state index is 0.437. The maximum absolute atomic E-state index is 5.59. The van der Waals surface area contributed by atoms with Crippen LogP contribution in [0.3, 0.4) is 0 Å². The van der Waals surface area contributed by atoms with Crippen molar-refractivity contribution < 1.29 is 4.74 Å². The first-order valence-corrected chi connectivity index (χ1v) is 7.49. The van der Waals surface area contributed by atoms with Gasteiger partial charge in [-0.3, -0.25) is 4.90 Å². The first-order valence-electron chi connectivity index (χ1n) is 6.28. The fourth-order valence-corrected chi connectivity index (χ4v) is 2.25. The van der Waals surface area contributed by atoms with E-state index in [9.17, 15) is 0 Å². The fraction of sp³-hybridized carbons (Fsp3) is 0.500. The van der Waals surface area contributed by atoms with Crippen molar-refractivity contribution in [3.05, 3.63) is 28.2 Å². The zero-order chi connectivity index (χ0) is 14.4. The lowest BCUT2D eigenvalue weighted by Crippen LogP contribution is -2.33. The average molecular weight is 345 g/mol. The number of ether oxygens (including phenoxy) is 1. The Kier molecular flexibility index (Phi) is 6.75. The van der Waals surface area contributed by atoms with Gasteiger partial charge in [0.15, 0.2) is 0 Å². The van der Waals surface area contributed by atoms with E-state index < -0.39 is 0 Å². The van der Waals surface area contributed by atoms with E-state index in [0.29, 0.717) is 11.0 Å². The van der Waals surface area contributed by atoms with Crippen molar-refractivity contribution in [2.75, 3.05) is 13.7 Å². The van der Waals surface area contributed by atoms with Gasteiger partial charge >= 0.3 is 0 Å². The number of hydrogen-bond donors (Lipinski definition) is 1. The Bertz CT molecular complexity index is 437. The summed E-state index contributed by atoms with van der Waals surface area (Å²) in [6.45, 7) is 6.07. The van der Waals surface area contributed by atoms with Crippen LogP contribution < -0.4 is 10.5 Å². The second-order valence-electron chi connectivity index (χ2n) is 4.74. The summed E-state index contributed by atoms with van der Waals surface area (Å²) in [5.41, 5.74) is 6.79. The molecule has 5 heteroatoms. The molecule has 1 aromatic carbocycles. The van der Waals surface area contributed by atoms with Crippen LogP contribution in [-0.2, 0) is 6.54 Å². The number of hydrogen-bond acceptors (Lipinski definition) is 3. The van der Waals surface area contributed by atoms with Crippen LogP contribution in [0, 0.1) is 0 Å². The normalized spacial score (nSPS) is 11.1. The molecule has 0 aliphatic rings. The van der Waals surface area contributed by atoms with Crippen LogP contribution in [0.5, 0.6) is 5.75 Å². The smallest absolute Gasteiger partial charge is 0.119 e. The summed E-state index contributed by atoms with van der Waals surface area (Å²) < 4.78 is 6.36. The Morgan fingerprint density at radius 2 is 2.16 bits per heavy atom. The molecule has 0 amide bonds. The topological polar surface area (TPSA) is 38.5 Å². The van der Waals surface area contributed by atoms with Crippen molar-refractivity contribution in [1.29, 1.82) is 0 Å². The van der Waals surface area contributed by atoms with Crippen molar-refractivity contribution in [3.63, 3.8) is 0 Å². The van der Waals surface area contributed by atoms with E-state index in [0.717, 1.165) is 29.7 Å². The van der Waals surface area contributed by atoms with Crippen molar-refractivity contribution in [2.45, 2.75) is 32.9 Å². The Morgan fingerprint density at radius 1 is 1.47 bits per heavy atom. The van der Waals surface area contributed by atoms with Crippen LogP contribution >= 0.6 is 28.1 Å². The maximum atomic E-state index is 5.59. The van der Waals surface area contributed by atoms with E-state index in [4.69, 9.17) is 22.7 Å². The van der Waals surface area contributed by atoms with Crippen molar-refractivity contribution in [1.82, 2.24) is 4.90 Å². The molecule has 106 valence electrons. The predicted molar refractivity (Wildman–Crippen MR) is 87.6 cm³/mol. The summed E-state index contributed by atoms with van der Waals surface area (Å²) in [5, 5.41) is 0. The molecule has 1 rings (SSSR count). The molecule has 19 heavy (non-hydrogen) atoms. The number of nitrogens with two attached hydrogens (primary N) is 1. The summed E-state index contributed by atoms with van der Waals surface area (Å²) in [6.07, 6.45) is 0.745. The Hall–Kier alpha value is -0.650. The zero-order valence-electron chi connectivity index (χ0n) is 11.6. The summed E-state index contributed by atoms with van der Waals surface area (Å²) in [4.78, 5) is 2.91. The highest BCUT2D eigenvalue weighted by atomic mass is 79.9. The Balaban J connectivity index is 2.80. The molecular weight excluding hydrogens is 324 g/mol. The van der Waals surface area contributed by atoms with Gasteiger partial charge in [-0.15, -0.1) is 0 Å². The molecule has 2 N–H and O–H groups in total. The SMILES string of the molecule is COc1ccc(Br)c(CN(CCC(N)=S)C(C)C)c1. The van der Waals surface area contributed by atoms with Crippen molar-refractivity contribution >= 4 is 33.1 Å². The molecule has 0 unspecified atom stereocenters. The molecule has 1 aromatic rings. The van der Waals surface area contributed by atoms with E-state index >= 15 is 0 Å². The highest BCUT2D eigenvalue weighted by molar-refractivity contribution is 9.10. The third-order valence-corrected chi connectivity index (χ3v) is 3.98. The van der Waals surface area contributed by atoms with Crippen LogP contribution in [-0.4, -0.2) is 29.6 Å². The van der Waals surface area contributed by atoms with Crippen LogP contribution in [0.1, 0.15) is 25.8 Å². The molecule has 0 aliphatic carbocycles. The first-order chi connectivity index (χ1) is 8.93. The summed E-state index contributed by atoms with van der Waals surface area (Å²) in [5.74, 6) is 0.872. The van der Waals surface area contributed by atoms with Gasteiger partial charge in [-0.2, -0.15) is 0 Å². The molecule has 0 saturated heterocycles. The molecule has 0 atom stereocenters. The molecular formula is C14H21BrN2OS. The van der Waals surface area contributed by atoms with E-state index in [2.05, 4.69) is 40.7 Å². The molecule has 0 saturated carbocycles. The Morgan fingerprint density at radius 3 is 2.68 bits per heavy atom. The molecule has 0 heterocycles. The van der Waals surface area contributed by atoms with Gasteiger partial charge in [-0.25, -0.2) is 0 Å². The Labute approximate surface area is 129 Å². The highest BCUT2D eigenvalue weighted by Gasteiger charge is 2.13. The average Bonchev–Trinajstić information content (AvgIpc) is 2.35. The van der Waals surface area contributed by atoms with Gasteiger partial charge in [0.25, 0.3) is 0 Å². The standard InChI is InChI=1S/C14H21BrN2OS/c1-10(2)17(7-6-14(16)19)9-11-8-12(18-3)4-5-13(11)15/h4-5,8,10H,6-7,9H2,1-3H3,(H2,16,19). The molecule has 0 aromatic heterocycles. The van der Waals surface area contributed by atoms with Gasteiger partial charge < -0.3 is 10.5 Å². The lowest BCUT2D eigenvalue weighted by Gasteiger charge is -2.27. The lowest BCUT2D eigenvalue weighted by atomic mass is 10.1. The van der Waals surface area contributed by atoms with Gasteiger partial charge in [-0.05, 0) is 37.6 Å². The van der Waals surface area contributed by atoms with Gasteiger partial charge in [-0.1, -0.05) is 28.1 Å². The van der Waals surface area contributed by atoms with E-state index in [1.54, 1.807) is 7.11 Å². The largest absolute Gasteiger partial charge is 0.497 e. The number of rotatable bonds is 7. The number of benzene rings is 1. The predicted octanol–water partition coefficient (Wildman–Crippen LogP) is 3.34. The number of thiocarbonyl (C=S) groups is 1. The fourth-order valence-electron chi connectivity index (χ4n) is 1.79. The van der Waals surface area contributed by atoms with Gasteiger partial charge in [0.05, 0.1) is 12.1 Å². The molecule has 0 radical (unpaired) electrons. The van der Waals surface area contributed by atoms with Crippen molar-refractivity contribution in [2.24, 2.45) is 5.73 Å². The van der Waals surface area contributed by atoms with Gasteiger partial charge in [0.2, 0.25) is 0 Å². The van der Waals surface area contributed by atoms with Gasteiger partial charge in [0.1, 0.15) is 5.75 Å². The molecule has 0 spiro atoms. The van der Waals surface area contributed by atoms with Crippen LogP contribution in [0.4, 0.5) is 0 Å². The van der Waals surface area contributed by atoms with E-state index in [-0.39, 0.29) is 0 Å². The molecule has 0 fully saturated rings. The highest BCUT2D eigenvalue weighted by Crippen LogP contribution is 2.24. The third kappa shape index (κ3) is 5.47.